The quantitative estimate of drug-likeness (QED) is 0.515. The normalized spacial score (nSPS) is 36.8. The van der Waals surface area contributed by atoms with Crippen molar-refractivity contribution >= 4 is 23.5 Å². The molecule has 0 amide bonds. The Balaban J connectivity index is 2.62. The van der Waals surface area contributed by atoms with Gasteiger partial charge in [-0.05, 0) is 6.42 Å². The number of hydrogen-bond acceptors (Lipinski definition) is 2. The minimum Gasteiger partial charge on any atom is -0.306 e. The zero-order valence-electron chi connectivity index (χ0n) is 4.97. The van der Waals surface area contributed by atoms with Crippen LogP contribution in [0.2, 0.25) is 0 Å². The van der Waals surface area contributed by atoms with E-state index in [1.807, 2.05) is 0 Å². The minimum absolute atomic E-state index is 0.0552. The predicted octanol–water partition coefficient (Wildman–Crippen LogP) is 1.87. The molecule has 0 saturated carbocycles. The summed E-state index contributed by atoms with van der Waals surface area (Å²) in [6.07, 6.45) is 1.94. The van der Waals surface area contributed by atoms with Gasteiger partial charge in [0.05, 0.1) is 6.16 Å². The lowest BCUT2D eigenvalue weighted by molar-refractivity contribution is -0.116. The average molecular weight is 167 g/mol. The Morgan fingerprint density at radius 1 is 1.56 bits per heavy atom. The van der Waals surface area contributed by atoms with Crippen LogP contribution in [-0.2, 0) is 9.36 Å². The van der Waals surface area contributed by atoms with Crippen molar-refractivity contribution in [2.75, 3.05) is 12.3 Å². The van der Waals surface area contributed by atoms with Crippen LogP contribution in [0.15, 0.2) is 0 Å². The maximum atomic E-state index is 11.0. The number of hydrogen-bond donors (Lipinski definition) is 0. The van der Waals surface area contributed by atoms with E-state index in [4.69, 9.17) is 11.2 Å². The molecule has 4 heteroatoms. The van der Waals surface area contributed by atoms with Crippen molar-refractivity contribution in [1.29, 1.82) is 0 Å². The Labute approximate surface area is 58.7 Å². The molecule has 1 unspecified atom stereocenters. The first-order valence-electron chi connectivity index (χ1n) is 2.90. The van der Waals surface area contributed by atoms with Crippen LogP contribution in [0.4, 0.5) is 0 Å². The molecule has 1 aliphatic rings. The fraction of sp³-hybridized carbons (Fsp3) is 0.800. The summed E-state index contributed by atoms with van der Waals surface area (Å²) in [7, 11) is 0. The van der Waals surface area contributed by atoms with Crippen LogP contribution in [0.5, 0.6) is 0 Å². The zero-order chi connectivity index (χ0) is 6.91. The first-order valence-corrected chi connectivity index (χ1v) is 5.88. The molecule has 0 spiro atoms. The van der Waals surface area contributed by atoms with Crippen molar-refractivity contribution < 1.29 is 9.36 Å². The molecule has 0 aromatic heterocycles. The van der Waals surface area contributed by atoms with E-state index in [2.05, 4.69) is 0 Å². The van der Waals surface area contributed by atoms with Gasteiger partial charge < -0.3 is 4.57 Å². The van der Waals surface area contributed by atoms with Crippen LogP contribution < -0.4 is 0 Å². The number of carbonyl (C=O) groups excluding carboxylic acids is 1. The van der Waals surface area contributed by atoms with Crippen LogP contribution in [-0.4, -0.2) is 18.1 Å². The fourth-order valence-electron chi connectivity index (χ4n) is 0.934. The van der Waals surface area contributed by atoms with Gasteiger partial charge in [-0.15, -0.1) is 0 Å². The van der Waals surface area contributed by atoms with Gasteiger partial charge in [0.2, 0.25) is 0 Å². The van der Waals surface area contributed by atoms with E-state index in [0.717, 1.165) is 0 Å². The smallest absolute Gasteiger partial charge is 0.176 e. The molecule has 1 aliphatic heterocycles. The molecule has 0 bridgehead atoms. The SMILES string of the molecule is O=C1CCCP(=O)(Cl)C1. The summed E-state index contributed by atoms with van der Waals surface area (Å²) in [5, 5.41) is 0. The topological polar surface area (TPSA) is 34.1 Å². The van der Waals surface area contributed by atoms with Crippen molar-refractivity contribution in [3.8, 4) is 0 Å². The molecule has 0 radical (unpaired) electrons. The highest BCUT2D eigenvalue weighted by Crippen LogP contribution is 2.53. The van der Waals surface area contributed by atoms with E-state index < -0.39 is 6.49 Å². The number of ketones is 1. The third kappa shape index (κ3) is 2.11. The molecule has 1 fully saturated rings. The third-order valence-corrected chi connectivity index (χ3v) is 4.03. The van der Waals surface area contributed by atoms with Gasteiger partial charge in [-0.25, -0.2) is 0 Å². The summed E-state index contributed by atoms with van der Waals surface area (Å²) in [5.41, 5.74) is 0. The molecular weight excluding hydrogens is 158 g/mol. The molecule has 0 aromatic rings. The van der Waals surface area contributed by atoms with E-state index in [0.29, 0.717) is 19.0 Å². The Hall–Kier alpha value is 0.190. The highest BCUT2D eigenvalue weighted by atomic mass is 35.7. The molecule has 0 aromatic carbocycles. The van der Waals surface area contributed by atoms with E-state index in [1.165, 1.54) is 0 Å². The summed E-state index contributed by atoms with van der Waals surface area (Å²) in [6.45, 7) is -2.52. The molecule has 1 saturated heterocycles. The fourth-order valence-corrected chi connectivity index (χ4v) is 3.17. The zero-order valence-corrected chi connectivity index (χ0v) is 6.62. The summed E-state index contributed by atoms with van der Waals surface area (Å²) < 4.78 is 11.0. The highest BCUT2D eigenvalue weighted by Gasteiger charge is 2.26. The molecule has 2 nitrogen and oxygen atoms in total. The lowest BCUT2D eigenvalue weighted by atomic mass is 10.2. The van der Waals surface area contributed by atoms with Crippen molar-refractivity contribution in [3.05, 3.63) is 0 Å². The van der Waals surface area contributed by atoms with E-state index in [9.17, 15) is 9.36 Å². The second-order valence-corrected chi connectivity index (χ2v) is 6.51. The summed E-state index contributed by atoms with van der Waals surface area (Å²) in [6, 6.07) is 0. The van der Waals surface area contributed by atoms with Gasteiger partial charge in [-0.3, -0.25) is 4.79 Å². The first kappa shape index (κ1) is 7.30. The van der Waals surface area contributed by atoms with Gasteiger partial charge in [0, 0.05) is 12.6 Å². The predicted molar refractivity (Wildman–Crippen MR) is 37.4 cm³/mol. The van der Waals surface area contributed by atoms with Gasteiger partial charge in [-0.2, -0.15) is 0 Å². The molecular formula is C5H8ClO2P. The van der Waals surface area contributed by atoms with Gasteiger partial charge in [0.25, 0.3) is 0 Å². The molecule has 1 rings (SSSR count). The van der Waals surface area contributed by atoms with E-state index in [-0.39, 0.29) is 11.9 Å². The van der Waals surface area contributed by atoms with E-state index in [1.54, 1.807) is 0 Å². The Morgan fingerprint density at radius 2 is 2.22 bits per heavy atom. The second-order valence-electron chi connectivity index (χ2n) is 2.31. The number of carbonyl (C=O) groups is 1. The number of rotatable bonds is 0. The lowest BCUT2D eigenvalue weighted by Crippen LogP contribution is -2.11. The summed E-state index contributed by atoms with van der Waals surface area (Å²) in [4.78, 5) is 10.6. The Kier molecular flexibility index (Phi) is 1.97. The van der Waals surface area contributed by atoms with Gasteiger partial charge in [-0.1, -0.05) is 11.2 Å². The summed E-state index contributed by atoms with van der Waals surface area (Å²) in [5.74, 6) is 0.0552. The maximum absolute atomic E-state index is 11.0. The van der Waals surface area contributed by atoms with Gasteiger partial charge >= 0.3 is 0 Å². The summed E-state index contributed by atoms with van der Waals surface area (Å²) >= 11 is 5.50. The standard InChI is InChI=1S/C5H8ClO2P/c6-9(8)3-1-2-5(7)4-9/h1-4H2. The molecule has 1 heterocycles. The molecule has 0 aliphatic carbocycles. The van der Waals surface area contributed by atoms with Crippen LogP contribution >= 0.6 is 17.7 Å². The van der Waals surface area contributed by atoms with Crippen molar-refractivity contribution in [2.24, 2.45) is 0 Å². The second kappa shape index (κ2) is 2.43. The lowest BCUT2D eigenvalue weighted by Gasteiger charge is -2.13. The molecule has 9 heavy (non-hydrogen) atoms. The highest BCUT2D eigenvalue weighted by molar-refractivity contribution is 7.89. The van der Waals surface area contributed by atoms with Gasteiger partial charge in [0.15, 0.2) is 6.49 Å². The Morgan fingerprint density at radius 3 is 2.56 bits per heavy atom. The monoisotopic (exact) mass is 166 g/mol. The van der Waals surface area contributed by atoms with Crippen LogP contribution in [0, 0.1) is 0 Å². The van der Waals surface area contributed by atoms with E-state index >= 15 is 0 Å². The largest absolute Gasteiger partial charge is 0.306 e. The molecule has 0 N–H and O–H groups in total. The van der Waals surface area contributed by atoms with Crippen molar-refractivity contribution in [3.63, 3.8) is 0 Å². The van der Waals surface area contributed by atoms with Crippen LogP contribution in [0.25, 0.3) is 0 Å². The Bertz CT molecular complexity index is 178. The third-order valence-electron chi connectivity index (χ3n) is 1.36. The molecule has 52 valence electrons. The van der Waals surface area contributed by atoms with Crippen LogP contribution in [0.3, 0.4) is 0 Å². The number of Topliss-reactive ketones (excluding diaryl/α,β-unsaturated/α-hetero) is 1. The molecule has 1 atom stereocenters. The van der Waals surface area contributed by atoms with Crippen molar-refractivity contribution in [2.45, 2.75) is 12.8 Å². The van der Waals surface area contributed by atoms with Crippen LogP contribution in [0.1, 0.15) is 12.8 Å². The van der Waals surface area contributed by atoms with Crippen molar-refractivity contribution in [1.82, 2.24) is 0 Å². The first-order chi connectivity index (χ1) is 4.10. The average Bonchev–Trinajstić information content (AvgIpc) is 1.60. The minimum atomic E-state index is -2.52. The number of halogens is 1. The maximum Gasteiger partial charge on any atom is 0.176 e. The van der Waals surface area contributed by atoms with Gasteiger partial charge in [0.1, 0.15) is 5.78 Å².